The molecule has 0 saturated carbocycles. The number of ether oxygens (including phenoxy) is 1. The Morgan fingerprint density at radius 1 is 1.14 bits per heavy atom. The van der Waals surface area contributed by atoms with E-state index in [9.17, 15) is 9.59 Å². The molecule has 6 nitrogen and oxygen atoms in total. The molecule has 0 saturated heterocycles. The summed E-state index contributed by atoms with van der Waals surface area (Å²) in [6.45, 7) is 4.96. The summed E-state index contributed by atoms with van der Waals surface area (Å²) in [5, 5.41) is 2.86. The van der Waals surface area contributed by atoms with Crippen LogP contribution in [0.4, 0.5) is 11.4 Å². The summed E-state index contributed by atoms with van der Waals surface area (Å²) in [6, 6.07) is 15.4. The first-order valence-corrected chi connectivity index (χ1v) is 9.58. The Morgan fingerprint density at radius 2 is 1.86 bits per heavy atom. The molecule has 1 heterocycles. The van der Waals surface area contributed by atoms with Gasteiger partial charge in [-0.2, -0.15) is 0 Å². The van der Waals surface area contributed by atoms with Crippen LogP contribution in [0.1, 0.15) is 19.4 Å². The van der Waals surface area contributed by atoms with Gasteiger partial charge in [-0.25, -0.2) is 0 Å². The van der Waals surface area contributed by atoms with E-state index >= 15 is 0 Å². The van der Waals surface area contributed by atoms with Gasteiger partial charge in [0.25, 0.3) is 0 Å². The standard InChI is InChI=1S/C22H27N3O3/c1-4-24(14-21(26)23-18-10-6-8-12-20(18)28-3)15-22(27)25-16(2)13-17-9-5-7-11-19(17)25/h5-12,16H,4,13-15H2,1-3H3,(H,23,26)/t16-/m0/s1. The molecule has 2 aromatic rings. The highest BCUT2D eigenvalue weighted by molar-refractivity contribution is 5.98. The highest BCUT2D eigenvalue weighted by Gasteiger charge is 2.31. The van der Waals surface area contributed by atoms with Gasteiger partial charge in [0.15, 0.2) is 0 Å². The summed E-state index contributed by atoms with van der Waals surface area (Å²) in [7, 11) is 1.57. The average molecular weight is 381 g/mol. The van der Waals surface area contributed by atoms with Crippen molar-refractivity contribution in [1.29, 1.82) is 0 Å². The second-order valence-electron chi connectivity index (χ2n) is 7.00. The largest absolute Gasteiger partial charge is 0.495 e. The second-order valence-corrected chi connectivity index (χ2v) is 7.00. The molecule has 1 aliphatic heterocycles. The minimum atomic E-state index is -0.172. The summed E-state index contributed by atoms with van der Waals surface area (Å²) in [6.07, 6.45) is 0.863. The highest BCUT2D eigenvalue weighted by atomic mass is 16.5. The number of likely N-dealkylation sites (N-methyl/N-ethyl adjacent to an activating group) is 1. The molecule has 2 aromatic carbocycles. The maximum absolute atomic E-state index is 13.0. The fourth-order valence-corrected chi connectivity index (χ4v) is 3.63. The van der Waals surface area contributed by atoms with Crippen molar-refractivity contribution in [3.8, 4) is 5.75 Å². The molecule has 3 rings (SSSR count). The number of rotatable bonds is 7. The van der Waals surface area contributed by atoms with Crippen molar-refractivity contribution >= 4 is 23.2 Å². The lowest BCUT2D eigenvalue weighted by Gasteiger charge is -2.27. The Morgan fingerprint density at radius 3 is 2.61 bits per heavy atom. The van der Waals surface area contributed by atoms with E-state index in [2.05, 4.69) is 18.3 Å². The van der Waals surface area contributed by atoms with Gasteiger partial charge in [0.1, 0.15) is 5.75 Å². The van der Waals surface area contributed by atoms with Crippen molar-refractivity contribution in [1.82, 2.24) is 4.90 Å². The van der Waals surface area contributed by atoms with Crippen molar-refractivity contribution in [2.75, 3.05) is 37.0 Å². The molecule has 0 spiro atoms. The zero-order valence-corrected chi connectivity index (χ0v) is 16.6. The smallest absolute Gasteiger partial charge is 0.241 e. The Labute approximate surface area is 166 Å². The highest BCUT2D eigenvalue weighted by Crippen LogP contribution is 2.31. The number of fused-ring (bicyclic) bond motifs is 1. The molecule has 1 atom stereocenters. The van der Waals surface area contributed by atoms with Crippen LogP contribution in [0.2, 0.25) is 0 Å². The first-order chi connectivity index (χ1) is 13.5. The minimum Gasteiger partial charge on any atom is -0.495 e. The normalized spacial score (nSPS) is 15.4. The number of hydrogen-bond acceptors (Lipinski definition) is 4. The third kappa shape index (κ3) is 4.34. The van der Waals surface area contributed by atoms with Gasteiger partial charge in [0.05, 0.1) is 25.9 Å². The van der Waals surface area contributed by atoms with Gasteiger partial charge in [-0.15, -0.1) is 0 Å². The fourth-order valence-electron chi connectivity index (χ4n) is 3.63. The zero-order valence-electron chi connectivity index (χ0n) is 16.6. The Balaban J connectivity index is 1.62. The molecule has 0 radical (unpaired) electrons. The number of methoxy groups -OCH3 is 1. The van der Waals surface area contributed by atoms with E-state index in [-0.39, 0.29) is 30.9 Å². The van der Waals surface area contributed by atoms with Gasteiger partial charge in [0.2, 0.25) is 11.8 Å². The van der Waals surface area contributed by atoms with Crippen molar-refractivity contribution < 1.29 is 14.3 Å². The maximum atomic E-state index is 13.0. The Kier molecular flexibility index (Phi) is 6.31. The number of anilines is 2. The predicted octanol–water partition coefficient (Wildman–Crippen LogP) is 2.93. The number of nitrogens with one attached hydrogen (secondary N) is 1. The molecular weight excluding hydrogens is 354 g/mol. The summed E-state index contributed by atoms with van der Waals surface area (Å²) in [5.74, 6) is 0.455. The second kappa shape index (κ2) is 8.89. The van der Waals surface area contributed by atoms with Gasteiger partial charge >= 0.3 is 0 Å². The summed E-state index contributed by atoms with van der Waals surface area (Å²) in [5.41, 5.74) is 2.80. The summed E-state index contributed by atoms with van der Waals surface area (Å²) >= 11 is 0. The zero-order chi connectivity index (χ0) is 20.1. The topological polar surface area (TPSA) is 61.9 Å². The van der Waals surface area contributed by atoms with E-state index in [0.717, 1.165) is 12.1 Å². The molecule has 0 aromatic heterocycles. The molecule has 0 bridgehead atoms. The fraction of sp³-hybridized carbons (Fsp3) is 0.364. The van der Waals surface area contributed by atoms with E-state index in [0.29, 0.717) is 18.0 Å². The molecule has 2 amide bonds. The monoisotopic (exact) mass is 381 g/mol. The van der Waals surface area contributed by atoms with Crippen LogP contribution in [-0.2, 0) is 16.0 Å². The number of carbonyl (C=O) groups excluding carboxylic acids is 2. The van der Waals surface area contributed by atoms with Gasteiger partial charge in [-0.05, 0) is 43.7 Å². The van der Waals surface area contributed by atoms with Crippen molar-refractivity contribution in [2.45, 2.75) is 26.3 Å². The number of para-hydroxylation sites is 3. The summed E-state index contributed by atoms with van der Waals surface area (Å²) < 4.78 is 5.27. The SMILES string of the molecule is CCN(CC(=O)Nc1ccccc1OC)CC(=O)N1c2ccccc2C[C@@H]1C. The average Bonchev–Trinajstić information content (AvgIpc) is 3.03. The van der Waals surface area contributed by atoms with Crippen LogP contribution in [0.5, 0.6) is 5.75 Å². The van der Waals surface area contributed by atoms with Crippen LogP contribution in [0, 0.1) is 0 Å². The van der Waals surface area contributed by atoms with E-state index in [1.54, 1.807) is 19.2 Å². The number of carbonyl (C=O) groups is 2. The van der Waals surface area contributed by atoms with Crippen LogP contribution in [-0.4, -0.2) is 49.5 Å². The number of amides is 2. The first kappa shape index (κ1) is 19.9. The molecule has 28 heavy (non-hydrogen) atoms. The van der Waals surface area contributed by atoms with Crippen molar-refractivity contribution in [3.05, 3.63) is 54.1 Å². The molecule has 0 fully saturated rings. The van der Waals surface area contributed by atoms with E-state index < -0.39 is 0 Å². The quantitative estimate of drug-likeness (QED) is 0.801. The third-order valence-corrected chi connectivity index (χ3v) is 5.03. The number of nitrogens with zero attached hydrogens (tertiary/aromatic N) is 2. The van der Waals surface area contributed by atoms with Gasteiger partial charge in [-0.1, -0.05) is 37.3 Å². The predicted molar refractivity (Wildman–Crippen MR) is 111 cm³/mol. The van der Waals surface area contributed by atoms with Crippen LogP contribution < -0.4 is 15.0 Å². The van der Waals surface area contributed by atoms with E-state index in [1.807, 2.05) is 47.1 Å². The van der Waals surface area contributed by atoms with Crippen molar-refractivity contribution in [2.24, 2.45) is 0 Å². The lowest BCUT2D eigenvalue weighted by Crippen LogP contribution is -2.45. The van der Waals surface area contributed by atoms with Gasteiger partial charge in [-0.3, -0.25) is 14.5 Å². The Hall–Kier alpha value is -2.86. The van der Waals surface area contributed by atoms with Crippen molar-refractivity contribution in [3.63, 3.8) is 0 Å². The van der Waals surface area contributed by atoms with Gasteiger partial charge in [0, 0.05) is 11.7 Å². The van der Waals surface area contributed by atoms with Crippen LogP contribution in [0.15, 0.2) is 48.5 Å². The molecule has 0 unspecified atom stereocenters. The van der Waals surface area contributed by atoms with E-state index in [4.69, 9.17) is 4.74 Å². The lowest BCUT2D eigenvalue weighted by atomic mass is 10.1. The van der Waals surface area contributed by atoms with Crippen LogP contribution >= 0.6 is 0 Å². The molecule has 148 valence electrons. The summed E-state index contributed by atoms with van der Waals surface area (Å²) in [4.78, 5) is 29.1. The van der Waals surface area contributed by atoms with Gasteiger partial charge < -0.3 is 15.0 Å². The lowest BCUT2D eigenvalue weighted by molar-refractivity contribution is -0.121. The first-order valence-electron chi connectivity index (χ1n) is 9.58. The number of hydrogen-bond donors (Lipinski definition) is 1. The molecule has 0 aliphatic carbocycles. The molecule has 1 aliphatic rings. The Bertz CT molecular complexity index is 852. The molecule has 1 N–H and O–H groups in total. The minimum absolute atomic E-state index is 0.0180. The maximum Gasteiger partial charge on any atom is 0.241 e. The number of benzene rings is 2. The van der Waals surface area contributed by atoms with Crippen LogP contribution in [0.25, 0.3) is 0 Å². The molecular formula is C22H27N3O3. The van der Waals surface area contributed by atoms with E-state index in [1.165, 1.54) is 5.56 Å². The van der Waals surface area contributed by atoms with Crippen LogP contribution in [0.3, 0.4) is 0 Å². The third-order valence-electron chi connectivity index (χ3n) is 5.03. The molecule has 6 heteroatoms.